The van der Waals surface area contributed by atoms with Crippen molar-refractivity contribution in [2.45, 2.75) is 13.3 Å². The van der Waals surface area contributed by atoms with E-state index in [9.17, 15) is 4.79 Å². The molecule has 7 nitrogen and oxygen atoms in total. The maximum absolute atomic E-state index is 12.4. The zero-order valence-corrected chi connectivity index (χ0v) is 15.1. The van der Waals surface area contributed by atoms with Crippen molar-refractivity contribution in [3.8, 4) is 5.75 Å². The molecular formula is C19H25N5O2. The van der Waals surface area contributed by atoms with E-state index in [-0.39, 0.29) is 5.91 Å². The molecule has 0 spiro atoms. The van der Waals surface area contributed by atoms with E-state index < -0.39 is 0 Å². The maximum atomic E-state index is 12.4. The van der Waals surface area contributed by atoms with E-state index in [2.05, 4.69) is 20.2 Å². The van der Waals surface area contributed by atoms with E-state index in [4.69, 9.17) is 4.74 Å². The molecule has 1 aromatic heterocycles. The third kappa shape index (κ3) is 4.62. The number of carbonyl (C=O) groups is 1. The fraction of sp³-hybridized carbons (Fsp3) is 0.421. The van der Waals surface area contributed by atoms with Gasteiger partial charge in [-0.25, -0.2) is 9.97 Å². The summed E-state index contributed by atoms with van der Waals surface area (Å²) in [4.78, 5) is 25.0. The second-order valence-electron chi connectivity index (χ2n) is 6.02. The van der Waals surface area contributed by atoms with Crippen molar-refractivity contribution in [3.05, 3.63) is 42.7 Å². The summed E-state index contributed by atoms with van der Waals surface area (Å²) in [7, 11) is 0. The number of benzene rings is 1. The second-order valence-corrected chi connectivity index (χ2v) is 6.02. The average molecular weight is 355 g/mol. The van der Waals surface area contributed by atoms with Gasteiger partial charge in [0.05, 0.1) is 12.3 Å². The first-order valence-electron chi connectivity index (χ1n) is 9.03. The molecule has 26 heavy (non-hydrogen) atoms. The van der Waals surface area contributed by atoms with Gasteiger partial charge in [-0.1, -0.05) is 12.1 Å². The lowest BCUT2D eigenvalue weighted by Crippen LogP contribution is -2.49. The molecule has 0 unspecified atom stereocenters. The summed E-state index contributed by atoms with van der Waals surface area (Å²) in [5.41, 5.74) is 0.924. The van der Waals surface area contributed by atoms with E-state index in [1.807, 2.05) is 36.1 Å². The Hall–Kier alpha value is -2.83. The number of hydrogen-bond donors (Lipinski definition) is 1. The molecule has 0 saturated carbocycles. The highest BCUT2D eigenvalue weighted by Gasteiger charge is 2.22. The highest BCUT2D eigenvalue weighted by Crippen LogP contribution is 2.23. The molecule has 0 bridgehead atoms. The lowest BCUT2D eigenvalue weighted by Gasteiger charge is -2.34. The van der Waals surface area contributed by atoms with Gasteiger partial charge in [0.25, 0.3) is 0 Å². The number of piperazine rings is 1. The van der Waals surface area contributed by atoms with Gasteiger partial charge in [0, 0.05) is 51.5 Å². The van der Waals surface area contributed by atoms with Gasteiger partial charge >= 0.3 is 0 Å². The van der Waals surface area contributed by atoms with Gasteiger partial charge in [-0.2, -0.15) is 0 Å². The monoisotopic (exact) mass is 355 g/mol. The number of amides is 1. The van der Waals surface area contributed by atoms with Gasteiger partial charge in [0.2, 0.25) is 11.9 Å². The summed E-state index contributed by atoms with van der Waals surface area (Å²) in [5, 5.41) is 3.30. The number of carbonyl (C=O) groups excluding carboxylic acids is 1. The Morgan fingerprint density at radius 1 is 1.12 bits per heavy atom. The summed E-state index contributed by atoms with van der Waals surface area (Å²) < 4.78 is 5.59. The number of nitrogens with zero attached hydrogens (tertiary/aromatic N) is 4. The molecule has 2 heterocycles. The maximum Gasteiger partial charge on any atom is 0.225 e. The quantitative estimate of drug-likeness (QED) is 0.819. The Balaban J connectivity index is 1.44. The van der Waals surface area contributed by atoms with E-state index in [0.717, 1.165) is 30.5 Å². The number of ether oxygens (including phenoxy) is 1. The summed E-state index contributed by atoms with van der Waals surface area (Å²) >= 11 is 0. The van der Waals surface area contributed by atoms with Gasteiger partial charge in [-0.3, -0.25) is 4.79 Å². The van der Waals surface area contributed by atoms with Gasteiger partial charge in [0.1, 0.15) is 5.75 Å². The molecule has 0 aliphatic carbocycles. The Morgan fingerprint density at radius 3 is 2.58 bits per heavy atom. The minimum atomic E-state index is 0.167. The van der Waals surface area contributed by atoms with Crippen LogP contribution in [0.1, 0.15) is 13.3 Å². The lowest BCUT2D eigenvalue weighted by atomic mass is 10.2. The van der Waals surface area contributed by atoms with Crippen LogP contribution >= 0.6 is 0 Å². The molecule has 0 atom stereocenters. The molecule has 0 radical (unpaired) electrons. The summed E-state index contributed by atoms with van der Waals surface area (Å²) in [6, 6.07) is 9.60. The minimum absolute atomic E-state index is 0.167. The molecule has 1 fully saturated rings. The predicted molar refractivity (Wildman–Crippen MR) is 102 cm³/mol. The molecule has 1 saturated heterocycles. The van der Waals surface area contributed by atoms with Gasteiger partial charge in [-0.15, -0.1) is 0 Å². The van der Waals surface area contributed by atoms with Crippen LogP contribution < -0.4 is 15.0 Å². The van der Waals surface area contributed by atoms with Crippen LogP contribution in [0.15, 0.2) is 42.7 Å². The third-order valence-electron chi connectivity index (χ3n) is 4.31. The van der Waals surface area contributed by atoms with Crippen LogP contribution in [0.5, 0.6) is 5.75 Å². The van der Waals surface area contributed by atoms with Crippen molar-refractivity contribution in [1.29, 1.82) is 0 Å². The summed E-state index contributed by atoms with van der Waals surface area (Å²) in [6.45, 7) is 6.09. The van der Waals surface area contributed by atoms with E-state index >= 15 is 0 Å². The molecule has 1 aliphatic rings. The Bertz CT molecular complexity index is 702. The molecule has 1 aliphatic heterocycles. The van der Waals surface area contributed by atoms with Gasteiger partial charge in [0.15, 0.2) is 0 Å². The van der Waals surface area contributed by atoms with Gasteiger partial charge < -0.3 is 19.9 Å². The van der Waals surface area contributed by atoms with Crippen molar-refractivity contribution in [2.24, 2.45) is 0 Å². The SMILES string of the molecule is CCOc1ccccc1NCCC(=O)N1CCN(c2ncccn2)CC1. The molecule has 2 aromatic rings. The predicted octanol–water partition coefficient (Wildman–Crippen LogP) is 2.03. The van der Waals surface area contributed by atoms with Crippen LogP contribution in [-0.4, -0.2) is 60.1 Å². The zero-order chi connectivity index (χ0) is 18.2. The Labute approximate surface area is 154 Å². The molecule has 7 heteroatoms. The molecule has 1 aromatic carbocycles. The summed E-state index contributed by atoms with van der Waals surface area (Å²) in [5.74, 6) is 1.72. The number of rotatable bonds is 7. The van der Waals surface area contributed by atoms with E-state index in [1.165, 1.54) is 0 Å². The average Bonchev–Trinajstić information content (AvgIpc) is 2.70. The number of nitrogens with one attached hydrogen (secondary N) is 1. The van der Waals surface area contributed by atoms with Crippen molar-refractivity contribution in [1.82, 2.24) is 14.9 Å². The largest absolute Gasteiger partial charge is 0.492 e. The third-order valence-corrected chi connectivity index (χ3v) is 4.31. The fourth-order valence-corrected chi connectivity index (χ4v) is 2.97. The first-order chi connectivity index (χ1) is 12.8. The summed E-state index contributed by atoms with van der Waals surface area (Å²) in [6.07, 6.45) is 3.94. The van der Waals surface area contributed by atoms with Crippen molar-refractivity contribution >= 4 is 17.5 Å². The van der Waals surface area contributed by atoms with E-state index in [0.29, 0.717) is 32.7 Å². The Kier molecular flexibility index (Phi) is 6.24. The van der Waals surface area contributed by atoms with Crippen LogP contribution in [0.2, 0.25) is 0 Å². The van der Waals surface area contributed by atoms with Crippen LogP contribution in [0, 0.1) is 0 Å². The molecule has 1 N–H and O–H groups in total. The van der Waals surface area contributed by atoms with E-state index in [1.54, 1.807) is 18.5 Å². The number of para-hydroxylation sites is 2. The van der Waals surface area contributed by atoms with Crippen LogP contribution in [0.3, 0.4) is 0 Å². The minimum Gasteiger partial charge on any atom is -0.492 e. The normalized spacial score (nSPS) is 14.2. The van der Waals surface area contributed by atoms with Crippen LogP contribution in [0.4, 0.5) is 11.6 Å². The van der Waals surface area contributed by atoms with Crippen LogP contribution in [0.25, 0.3) is 0 Å². The number of anilines is 2. The Morgan fingerprint density at radius 2 is 1.85 bits per heavy atom. The molecule has 138 valence electrons. The molecular weight excluding hydrogens is 330 g/mol. The van der Waals surface area contributed by atoms with Crippen molar-refractivity contribution in [3.63, 3.8) is 0 Å². The second kappa shape index (κ2) is 9.03. The smallest absolute Gasteiger partial charge is 0.225 e. The van der Waals surface area contributed by atoms with Crippen LogP contribution in [-0.2, 0) is 4.79 Å². The fourth-order valence-electron chi connectivity index (χ4n) is 2.97. The van der Waals surface area contributed by atoms with Gasteiger partial charge in [-0.05, 0) is 25.1 Å². The molecule has 3 rings (SSSR count). The number of aromatic nitrogens is 2. The highest BCUT2D eigenvalue weighted by molar-refractivity contribution is 5.77. The number of hydrogen-bond acceptors (Lipinski definition) is 6. The molecule has 1 amide bonds. The highest BCUT2D eigenvalue weighted by atomic mass is 16.5. The first kappa shape index (κ1) is 18.0. The van der Waals surface area contributed by atoms with Crippen molar-refractivity contribution < 1.29 is 9.53 Å². The topological polar surface area (TPSA) is 70.6 Å². The van der Waals surface area contributed by atoms with Crippen molar-refractivity contribution in [2.75, 3.05) is 49.5 Å². The lowest BCUT2D eigenvalue weighted by molar-refractivity contribution is -0.131. The first-order valence-corrected chi connectivity index (χ1v) is 9.03. The standard InChI is InChI=1S/C19H25N5O2/c1-2-26-17-7-4-3-6-16(17)20-11-8-18(25)23-12-14-24(15-13-23)19-21-9-5-10-22-19/h3-7,9-10,20H,2,8,11-15H2,1H3. The zero-order valence-electron chi connectivity index (χ0n) is 15.1.